The minimum atomic E-state index is -0.707. The van der Waals surface area contributed by atoms with Crippen LogP contribution < -0.4 is 27.4 Å². The first-order valence-electron chi connectivity index (χ1n) is 19.3. The fraction of sp³-hybridized carbons (Fsp3) is 0.325. The van der Waals surface area contributed by atoms with Crippen LogP contribution in [-0.2, 0) is 51.9 Å². The van der Waals surface area contributed by atoms with Crippen molar-refractivity contribution < 1.29 is 57.7 Å². The van der Waals surface area contributed by atoms with Gasteiger partial charge in [0, 0.05) is 73.2 Å². The molecule has 3 fully saturated rings. The summed E-state index contributed by atoms with van der Waals surface area (Å²) in [5.41, 5.74) is 14.4. The predicted molar refractivity (Wildman–Crippen MR) is 223 cm³/mol. The molecular formula is C40H40BrN9O14. The van der Waals surface area contributed by atoms with Gasteiger partial charge in [-0.05, 0) is 54.2 Å². The minimum Gasteiger partial charge on any atom is -0.465 e. The first-order valence-corrected chi connectivity index (χ1v) is 20.4. The number of amides is 8. The first-order chi connectivity index (χ1) is 30.3. The Morgan fingerprint density at radius 3 is 1.61 bits per heavy atom. The number of hydrogen-bond donors (Lipinski definition) is 5. The number of nitrogens with two attached hydrogens (primary N) is 2. The van der Waals surface area contributed by atoms with Gasteiger partial charge in [-0.15, -0.1) is 0 Å². The molecule has 5 heterocycles. The Labute approximate surface area is 370 Å². The van der Waals surface area contributed by atoms with Gasteiger partial charge in [-0.2, -0.15) is 0 Å². The maximum Gasteiger partial charge on any atom is 0.338 e. The zero-order chi connectivity index (χ0) is 47.0. The maximum atomic E-state index is 12.3. The number of nitrogen functional groups attached to an aromatic ring is 1. The SMILES string of the molecule is COC(=O)c1cc([N+](=O)[O-])ccc1CBr.NC1CCC(=O)NC1=O.Nc1ccc2c(c1)C(=O)N(C1CCC(=O)NC1=O)C2.O=C1CCC(N2Cc3ccc([N+](=O)[O-])cc3C2=O)C(=O)N1. The number of halogens is 1. The van der Waals surface area contributed by atoms with Gasteiger partial charge in [0.05, 0.1) is 34.1 Å². The molecule has 5 aliphatic heterocycles. The molecule has 336 valence electrons. The van der Waals surface area contributed by atoms with Crippen molar-refractivity contribution in [3.8, 4) is 0 Å². The van der Waals surface area contributed by atoms with E-state index in [1.165, 1.54) is 53.3 Å². The number of piperidine rings is 3. The molecule has 0 aromatic heterocycles. The second-order valence-electron chi connectivity index (χ2n) is 14.6. The van der Waals surface area contributed by atoms with Crippen LogP contribution in [-0.4, -0.2) is 98.1 Å². The number of esters is 1. The summed E-state index contributed by atoms with van der Waals surface area (Å²) in [6, 6.07) is 11.6. The van der Waals surface area contributed by atoms with Gasteiger partial charge in [0.25, 0.3) is 23.2 Å². The number of nitro groups is 2. The van der Waals surface area contributed by atoms with E-state index in [1.807, 2.05) is 0 Å². The van der Waals surface area contributed by atoms with Crippen molar-refractivity contribution in [2.75, 3.05) is 12.8 Å². The number of rotatable bonds is 6. The fourth-order valence-corrected chi connectivity index (χ4v) is 7.52. The number of carbonyl (C=O) groups excluding carboxylic acids is 9. The van der Waals surface area contributed by atoms with Gasteiger partial charge < -0.3 is 26.0 Å². The normalized spacial score (nSPS) is 19.8. The molecule has 3 unspecified atom stereocenters. The van der Waals surface area contributed by atoms with Gasteiger partial charge in [-0.3, -0.25) is 74.5 Å². The highest BCUT2D eigenvalue weighted by Crippen LogP contribution is 2.31. The van der Waals surface area contributed by atoms with E-state index < -0.39 is 51.7 Å². The number of nitrogens with zero attached hydrogens (tertiary/aromatic N) is 4. The van der Waals surface area contributed by atoms with Crippen LogP contribution in [0.15, 0.2) is 54.6 Å². The van der Waals surface area contributed by atoms with Crippen molar-refractivity contribution in [3.63, 3.8) is 0 Å². The molecule has 3 aromatic carbocycles. The summed E-state index contributed by atoms with van der Waals surface area (Å²) in [5, 5.41) is 28.3. The maximum absolute atomic E-state index is 12.3. The molecule has 8 rings (SSSR count). The molecule has 3 saturated heterocycles. The quantitative estimate of drug-likeness (QED) is 0.0582. The summed E-state index contributed by atoms with van der Waals surface area (Å²) in [7, 11) is 1.24. The van der Waals surface area contributed by atoms with E-state index in [2.05, 4.69) is 36.6 Å². The molecule has 3 aromatic rings. The summed E-state index contributed by atoms with van der Waals surface area (Å²) < 4.78 is 4.53. The van der Waals surface area contributed by atoms with E-state index in [4.69, 9.17) is 11.5 Å². The Morgan fingerprint density at radius 1 is 0.703 bits per heavy atom. The van der Waals surface area contributed by atoms with Crippen LogP contribution in [0.25, 0.3) is 0 Å². The van der Waals surface area contributed by atoms with E-state index in [0.29, 0.717) is 53.5 Å². The van der Waals surface area contributed by atoms with Crippen LogP contribution >= 0.6 is 15.9 Å². The number of fused-ring (bicyclic) bond motifs is 2. The molecule has 64 heavy (non-hydrogen) atoms. The van der Waals surface area contributed by atoms with Crippen molar-refractivity contribution in [1.29, 1.82) is 0 Å². The van der Waals surface area contributed by atoms with E-state index in [9.17, 15) is 63.4 Å². The highest BCUT2D eigenvalue weighted by molar-refractivity contribution is 9.08. The topological polar surface area (TPSA) is 344 Å². The van der Waals surface area contributed by atoms with E-state index >= 15 is 0 Å². The minimum absolute atomic E-state index is 0.125. The lowest BCUT2D eigenvalue weighted by Gasteiger charge is -2.29. The number of nitrogens with one attached hydrogen (secondary N) is 3. The molecule has 0 bridgehead atoms. The molecule has 0 spiro atoms. The van der Waals surface area contributed by atoms with Crippen LogP contribution in [0.2, 0.25) is 0 Å². The molecule has 24 heteroatoms. The lowest BCUT2D eigenvalue weighted by molar-refractivity contribution is -0.385. The zero-order valence-electron chi connectivity index (χ0n) is 33.8. The fourth-order valence-electron chi connectivity index (χ4n) is 7.03. The van der Waals surface area contributed by atoms with E-state index in [-0.39, 0.29) is 77.8 Å². The zero-order valence-corrected chi connectivity index (χ0v) is 35.4. The molecule has 0 aliphatic carbocycles. The molecule has 8 amide bonds. The lowest BCUT2D eigenvalue weighted by atomic mass is 10.0. The smallest absolute Gasteiger partial charge is 0.338 e. The Morgan fingerprint density at radius 2 is 1.16 bits per heavy atom. The van der Waals surface area contributed by atoms with Crippen LogP contribution in [0, 0.1) is 20.2 Å². The van der Waals surface area contributed by atoms with Gasteiger partial charge in [0.2, 0.25) is 35.4 Å². The third kappa shape index (κ3) is 11.1. The lowest BCUT2D eigenvalue weighted by Crippen LogP contribution is -2.52. The summed E-state index contributed by atoms with van der Waals surface area (Å²) in [4.78, 5) is 126. The Balaban J connectivity index is 0.000000167. The number of methoxy groups -OCH3 is 1. The second-order valence-corrected chi connectivity index (χ2v) is 15.2. The predicted octanol–water partition coefficient (Wildman–Crippen LogP) is 1.41. The number of alkyl halides is 1. The van der Waals surface area contributed by atoms with Crippen molar-refractivity contribution in [2.45, 2.75) is 75.1 Å². The van der Waals surface area contributed by atoms with Crippen LogP contribution in [0.1, 0.15) is 86.3 Å². The molecule has 23 nitrogen and oxygen atoms in total. The molecule has 3 atom stereocenters. The van der Waals surface area contributed by atoms with Crippen LogP contribution in [0.4, 0.5) is 17.1 Å². The number of non-ortho nitro benzene ring substituents is 2. The van der Waals surface area contributed by atoms with Gasteiger partial charge in [-0.1, -0.05) is 28.1 Å². The first kappa shape index (κ1) is 47.6. The monoisotopic (exact) mass is 949 g/mol. The summed E-state index contributed by atoms with van der Waals surface area (Å²) in [5.74, 6) is -3.29. The van der Waals surface area contributed by atoms with Gasteiger partial charge in [0.1, 0.15) is 12.1 Å². The highest BCUT2D eigenvalue weighted by Gasteiger charge is 2.41. The Kier molecular flexibility index (Phi) is 15.3. The van der Waals surface area contributed by atoms with Gasteiger partial charge in [0.15, 0.2) is 0 Å². The molecule has 0 saturated carbocycles. The molecule has 7 N–H and O–H groups in total. The number of anilines is 1. The Hall–Kier alpha value is -7.47. The highest BCUT2D eigenvalue weighted by atomic mass is 79.9. The average molecular weight is 951 g/mol. The average Bonchev–Trinajstić information content (AvgIpc) is 3.76. The molecule has 0 radical (unpaired) electrons. The van der Waals surface area contributed by atoms with E-state index in [1.54, 1.807) is 18.2 Å². The van der Waals surface area contributed by atoms with Gasteiger partial charge in [-0.25, -0.2) is 4.79 Å². The number of nitro benzene ring substituents is 2. The molecule has 5 aliphatic rings. The number of ether oxygens (including phenoxy) is 1. The number of carbonyl (C=O) groups is 9. The second kappa shape index (κ2) is 20.6. The third-order valence-electron chi connectivity index (χ3n) is 10.4. The van der Waals surface area contributed by atoms with Crippen molar-refractivity contribution in [1.82, 2.24) is 25.8 Å². The Bertz CT molecular complexity index is 2480. The standard InChI is InChI=1S/C13H11N3O5.C13H13N3O3.C9H8BrNO4.C5H8N2O2/c17-11-4-3-10(12(18)14-11)15-6-7-1-2-8(16(20)21)5-9(7)13(15)19;14-8-2-1-7-6-16(13(19)9(7)5-8)10-3-4-11(17)15-12(10)18;1-15-9(12)8-4-7(11(13)14)3-2-6(8)5-10;6-3-1-2-4(8)7-5(3)9/h1-2,5,10H,3-4,6H2,(H,14,17,18);1-2,5,10H,3-4,6,14H2,(H,15,17,18);2-4H,5H2,1H3;3H,1-2,6H2,(H,7,8,9). The largest absolute Gasteiger partial charge is 0.465 e. The third-order valence-corrected chi connectivity index (χ3v) is 11.0. The van der Waals surface area contributed by atoms with Crippen molar-refractivity contribution >= 4 is 86.2 Å². The van der Waals surface area contributed by atoms with Crippen LogP contribution in [0.3, 0.4) is 0 Å². The number of imide groups is 3. The number of hydrogen-bond acceptors (Lipinski definition) is 16. The van der Waals surface area contributed by atoms with E-state index in [0.717, 1.165) is 5.56 Å². The van der Waals surface area contributed by atoms with Crippen molar-refractivity contribution in [3.05, 3.63) is 108 Å². The number of benzene rings is 3. The van der Waals surface area contributed by atoms with Gasteiger partial charge >= 0.3 is 5.97 Å². The van der Waals surface area contributed by atoms with Crippen LogP contribution in [0.5, 0.6) is 0 Å². The summed E-state index contributed by atoms with van der Waals surface area (Å²) in [6.07, 6.45) is 1.93. The van der Waals surface area contributed by atoms with Crippen molar-refractivity contribution in [2.24, 2.45) is 5.73 Å². The molecular weight excluding hydrogens is 910 g/mol. The summed E-state index contributed by atoms with van der Waals surface area (Å²) >= 11 is 3.19. The summed E-state index contributed by atoms with van der Waals surface area (Å²) in [6.45, 7) is 0.610.